The fourth-order valence-electron chi connectivity index (χ4n) is 6.12. The lowest BCUT2D eigenvalue weighted by Crippen LogP contribution is -2.48. The number of rotatable bonds is 5. The van der Waals surface area contributed by atoms with E-state index in [0.717, 1.165) is 67.3 Å². The molecule has 2 saturated heterocycles. The van der Waals surface area contributed by atoms with Crippen molar-refractivity contribution in [2.45, 2.75) is 56.4 Å². The van der Waals surface area contributed by atoms with E-state index in [2.05, 4.69) is 69.3 Å². The number of aliphatic hydroxyl groups is 1. The molecule has 2 N–H and O–H groups in total. The van der Waals surface area contributed by atoms with E-state index >= 15 is 0 Å². The van der Waals surface area contributed by atoms with E-state index in [1.165, 1.54) is 5.82 Å². The number of allylic oxidation sites excluding steroid dienone is 2. The normalized spacial score (nSPS) is 28.4. The van der Waals surface area contributed by atoms with Crippen LogP contribution in [0.4, 0.5) is 0 Å². The number of fused-ring (bicyclic) bond motifs is 1. The van der Waals surface area contributed by atoms with E-state index in [9.17, 15) is 5.11 Å². The Hall–Kier alpha value is -2.06. The van der Waals surface area contributed by atoms with Gasteiger partial charge in [0.1, 0.15) is 12.0 Å². The average Bonchev–Trinajstić information content (AvgIpc) is 3.23. The Labute approximate surface area is 208 Å². The van der Waals surface area contributed by atoms with Crippen molar-refractivity contribution in [2.24, 2.45) is 0 Å². The van der Waals surface area contributed by atoms with Crippen LogP contribution >= 0.6 is 11.6 Å². The molecular formula is C26H37ClN6O. The van der Waals surface area contributed by atoms with Crippen LogP contribution in [0.15, 0.2) is 53.8 Å². The molecule has 3 unspecified atom stereocenters. The van der Waals surface area contributed by atoms with Crippen molar-refractivity contribution in [1.82, 2.24) is 29.9 Å². The molecule has 5 rings (SSSR count). The summed E-state index contributed by atoms with van der Waals surface area (Å²) in [5.41, 5.74) is 3.06. The molecule has 8 heteroatoms. The van der Waals surface area contributed by atoms with E-state index in [0.29, 0.717) is 6.04 Å². The molecule has 7 nitrogen and oxygen atoms in total. The summed E-state index contributed by atoms with van der Waals surface area (Å²) in [5.74, 6) is 1.19. The number of aromatic nitrogens is 1. The van der Waals surface area contributed by atoms with Crippen LogP contribution in [0.25, 0.3) is 0 Å². The second kappa shape index (κ2) is 9.90. The maximum absolute atomic E-state index is 10.6. The quantitative estimate of drug-likeness (QED) is 0.665. The van der Waals surface area contributed by atoms with Crippen LogP contribution in [0.5, 0.6) is 0 Å². The number of halogens is 1. The molecule has 0 bridgehead atoms. The lowest BCUT2D eigenvalue weighted by atomic mass is 9.91. The van der Waals surface area contributed by atoms with Crippen molar-refractivity contribution in [3.8, 4) is 0 Å². The first-order chi connectivity index (χ1) is 16.5. The van der Waals surface area contributed by atoms with Gasteiger partial charge < -0.3 is 25.1 Å². The number of piperidine rings is 2. The standard InChI is InChI=1S/C26H37ClN6O/c1-30(2)18-12-15-32(16-13-18)24-11-5-10-23-29-26(22(17-34)33(23)24)21-9-4-8-20(31(21)3)25-19(27)7-6-14-28-25/h5-7,10-11,14,18,20-21,23,29,34H,4,8-9,12-13,15-17H2,1-3H3. The predicted molar refractivity (Wildman–Crippen MR) is 136 cm³/mol. The molecule has 0 radical (unpaired) electrons. The first-order valence-corrected chi connectivity index (χ1v) is 12.9. The van der Waals surface area contributed by atoms with Crippen LogP contribution in [0.1, 0.15) is 43.8 Å². The van der Waals surface area contributed by atoms with Crippen molar-refractivity contribution in [3.63, 3.8) is 0 Å². The molecule has 1 aromatic heterocycles. The zero-order valence-electron chi connectivity index (χ0n) is 20.5. The van der Waals surface area contributed by atoms with Gasteiger partial charge in [0, 0.05) is 25.3 Å². The summed E-state index contributed by atoms with van der Waals surface area (Å²) in [6.07, 6.45) is 13.9. The molecule has 0 aromatic carbocycles. The second-order valence-electron chi connectivity index (χ2n) is 10.1. The highest BCUT2D eigenvalue weighted by Gasteiger charge is 2.42. The van der Waals surface area contributed by atoms with Crippen LogP contribution in [0.3, 0.4) is 0 Å². The van der Waals surface area contributed by atoms with Gasteiger partial charge >= 0.3 is 0 Å². The fraction of sp³-hybridized carbons (Fsp3) is 0.577. The van der Waals surface area contributed by atoms with Gasteiger partial charge in [-0.15, -0.1) is 0 Å². The Balaban J connectivity index is 1.40. The van der Waals surface area contributed by atoms with Gasteiger partial charge in [0.15, 0.2) is 0 Å². The number of likely N-dealkylation sites (N-methyl/N-ethyl adjacent to an activating group) is 1. The summed E-state index contributed by atoms with van der Waals surface area (Å²) in [6.45, 7) is 2.07. The van der Waals surface area contributed by atoms with Crippen molar-refractivity contribution >= 4 is 11.6 Å². The van der Waals surface area contributed by atoms with E-state index < -0.39 is 0 Å². The second-order valence-corrected chi connectivity index (χ2v) is 10.5. The third kappa shape index (κ3) is 4.24. The maximum atomic E-state index is 10.6. The highest BCUT2D eigenvalue weighted by atomic mass is 35.5. The third-order valence-corrected chi connectivity index (χ3v) is 8.33. The molecule has 184 valence electrons. The summed E-state index contributed by atoms with van der Waals surface area (Å²) in [7, 11) is 6.52. The zero-order chi connectivity index (χ0) is 23.8. The molecule has 3 atom stereocenters. The summed E-state index contributed by atoms with van der Waals surface area (Å²) >= 11 is 6.53. The number of nitrogens with zero attached hydrogens (tertiary/aromatic N) is 5. The molecule has 0 aliphatic carbocycles. The minimum absolute atomic E-state index is 0.0114. The molecule has 4 aliphatic rings. The van der Waals surface area contributed by atoms with Crippen LogP contribution in [0, 0.1) is 0 Å². The molecule has 5 heterocycles. The van der Waals surface area contributed by atoms with Crippen molar-refractivity contribution in [3.05, 3.63) is 64.5 Å². The van der Waals surface area contributed by atoms with Crippen molar-refractivity contribution in [2.75, 3.05) is 40.8 Å². The number of hydrogen-bond donors (Lipinski definition) is 2. The highest BCUT2D eigenvalue weighted by molar-refractivity contribution is 6.31. The third-order valence-electron chi connectivity index (χ3n) is 8.01. The average molecular weight is 485 g/mol. The number of hydrogen-bond acceptors (Lipinski definition) is 7. The van der Waals surface area contributed by atoms with Crippen LogP contribution in [-0.2, 0) is 0 Å². The Morgan fingerprint density at radius 1 is 1.18 bits per heavy atom. The topological polar surface area (TPSA) is 58.1 Å². The number of pyridine rings is 1. The Bertz CT molecular complexity index is 983. The van der Waals surface area contributed by atoms with Crippen molar-refractivity contribution in [1.29, 1.82) is 0 Å². The van der Waals surface area contributed by atoms with Gasteiger partial charge in [0.2, 0.25) is 0 Å². The highest BCUT2D eigenvalue weighted by Crippen LogP contribution is 2.40. The van der Waals surface area contributed by atoms with E-state index in [1.807, 2.05) is 18.3 Å². The van der Waals surface area contributed by atoms with Gasteiger partial charge in [-0.05, 0) is 77.5 Å². The minimum atomic E-state index is 0.0114. The van der Waals surface area contributed by atoms with Crippen LogP contribution < -0.4 is 5.32 Å². The van der Waals surface area contributed by atoms with E-state index in [4.69, 9.17) is 11.6 Å². The monoisotopic (exact) mass is 484 g/mol. The van der Waals surface area contributed by atoms with Crippen molar-refractivity contribution < 1.29 is 5.11 Å². The molecule has 0 spiro atoms. The summed E-state index contributed by atoms with van der Waals surface area (Å²) in [4.78, 5) is 14.1. The Morgan fingerprint density at radius 2 is 1.94 bits per heavy atom. The lowest BCUT2D eigenvalue weighted by Gasteiger charge is -2.42. The number of nitrogens with one attached hydrogen (secondary N) is 1. The van der Waals surface area contributed by atoms with E-state index in [1.54, 1.807) is 0 Å². The van der Waals surface area contributed by atoms with Gasteiger partial charge in [-0.2, -0.15) is 0 Å². The first kappa shape index (κ1) is 23.7. The minimum Gasteiger partial charge on any atom is -0.390 e. The summed E-state index contributed by atoms with van der Waals surface area (Å²) in [5, 5.41) is 15.1. The van der Waals surface area contributed by atoms with Crippen LogP contribution in [-0.4, -0.2) is 88.8 Å². The Morgan fingerprint density at radius 3 is 2.65 bits per heavy atom. The number of likely N-dealkylation sites (tertiary alicyclic amines) is 2. The van der Waals surface area contributed by atoms with E-state index in [-0.39, 0.29) is 24.9 Å². The molecule has 1 aromatic rings. The molecule has 4 aliphatic heterocycles. The van der Waals surface area contributed by atoms with Gasteiger partial charge in [-0.25, -0.2) is 0 Å². The van der Waals surface area contributed by atoms with Gasteiger partial charge in [0.25, 0.3) is 0 Å². The largest absolute Gasteiger partial charge is 0.390 e. The smallest absolute Gasteiger partial charge is 0.124 e. The molecular weight excluding hydrogens is 448 g/mol. The maximum Gasteiger partial charge on any atom is 0.124 e. The zero-order valence-corrected chi connectivity index (χ0v) is 21.2. The SMILES string of the molecule is CN(C)C1CCN(C2=CC=CC3NC(C4CCCC(c5ncccc5Cl)N4C)=C(CO)N23)CC1. The van der Waals surface area contributed by atoms with Gasteiger partial charge in [-0.1, -0.05) is 17.7 Å². The summed E-state index contributed by atoms with van der Waals surface area (Å²) < 4.78 is 0. The molecule has 0 amide bonds. The molecule has 2 fully saturated rings. The van der Waals surface area contributed by atoms with Crippen LogP contribution in [0.2, 0.25) is 5.02 Å². The summed E-state index contributed by atoms with van der Waals surface area (Å²) in [6, 6.07) is 4.79. The number of aliphatic hydroxyl groups excluding tert-OH is 1. The first-order valence-electron chi connectivity index (χ1n) is 12.5. The van der Waals surface area contributed by atoms with Gasteiger partial charge in [0.05, 0.1) is 40.8 Å². The molecule has 34 heavy (non-hydrogen) atoms. The fourth-order valence-corrected chi connectivity index (χ4v) is 6.36. The Kier molecular flexibility index (Phi) is 6.89. The van der Waals surface area contributed by atoms with Gasteiger partial charge in [-0.3, -0.25) is 9.88 Å². The molecule has 0 saturated carbocycles. The lowest BCUT2D eigenvalue weighted by molar-refractivity contribution is 0.128. The predicted octanol–water partition coefficient (Wildman–Crippen LogP) is 3.13.